The first-order valence-electron chi connectivity index (χ1n) is 17.2. The Morgan fingerprint density at radius 3 is 1.49 bits per heavy atom. The van der Waals surface area contributed by atoms with Gasteiger partial charge in [-0.1, -0.05) is 78.9 Å². The van der Waals surface area contributed by atoms with Crippen LogP contribution in [-0.4, -0.2) is 19.1 Å². The van der Waals surface area contributed by atoms with Crippen molar-refractivity contribution in [1.82, 2.24) is 19.1 Å². The Hall–Kier alpha value is -6.98. The molecule has 0 aliphatic rings. The van der Waals surface area contributed by atoms with Gasteiger partial charge in [-0.25, -0.2) is 4.98 Å². The molecule has 0 saturated heterocycles. The molecule has 0 fully saturated rings. The lowest BCUT2D eigenvalue weighted by Gasteiger charge is -2.10. The van der Waals surface area contributed by atoms with E-state index in [1.54, 1.807) is 0 Å². The molecule has 238 valence electrons. The summed E-state index contributed by atoms with van der Waals surface area (Å²) in [6.07, 6.45) is 1.88. The van der Waals surface area contributed by atoms with E-state index in [0.29, 0.717) is 0 Å². The Morgan fingerprint density at radius 2 is 0.882 bits per heavy atom. The number of para-hydroxylation sites is 4. The normalized spacial score (nSPS) is 11.9. The molecule has 0 saturated carbocycles. The Bertz CT molecular complexity index is 3060. The first-order chi connectivity index (χ1) is 25.3. The Balaban J connectivity index is 1.02. The van der Waals surface area contributed by atoms with Gasteiger partial charge in [-0.2, -0.15) is 0 Å². The van der Waals surface area contributed by atoms with Gasteiger partial charge in [-0.15, -0.1) is 0 Å². The maximum atomic E-state index is 6.35. The van der Waals surface area contributed by atoms with E-state index in [1.807, 2.05) is 12.3 Å². The number of fused-ring (bicyclic) bond motifs is 9. The summed E-state index contributed by atoms with van der Waals surface area (Å²) in [5, 5.41) is 7.08. The highest BCUT2D eigenvalue weighted by Gasteiger charge is 2.16. The summed E-state index contributed by atoms with van der Waals surface area (Å²) in [7, 11) is 0. The van der Waals surface area contributed by atoms with E-state index >= 15 is 0 Å². The third kappa shape index (κ3) is 4.22. The van der Waals surface area contributed by atoms with Gasteiger partial charge in [0.25, 0.3) is 0 Å². The van der Waals surface area contributed by atoms with Gasteiger partial charge in [0.05, 0.1) is 39.1 Å². The molecule has 51 heavy (non-hydrogen) atoms. The summed E-state index contributed by atoms with van der Waals surface area (Å²) in [6, 6.07) is 57.5. The van der Waals surface area contributed by atoms with E-state index in [-0.39, 0.29) is 0 Å². The molecule has 5 heterocycles. The van der Waals surface area contributed by atoms with Crippen molar-refractivity contribution in [2.45, 2.75) is 0 Å². The fourth-order valence-corrected chi connectivity index (χ4v) is 7.90. The largest absolute Gasteiger partial charge is 0.456 e. The summed E-state index contributed by atoms with van der Waals surface area (Å²) < 4.78 is 11.0. The zero-order valence-electron chi connectivity index (χ0n) is 27.4. The van der Waals surface area contributed by atoms with Gasteiger partial charge in [-0.05, 0) is 84.9 Å². The predicted octanol–water partition coefficient (Wildman–Crippen LogP) is 11.9. The lowest BCUT2D eigenvalue weighted by Crippen LogP contribution is -1.96. The summed E-state index contributed by atoms with van der Waals surface area (Å²) in [4.78, 5) is 9.93. The summed E-state index contributed by atoms with van der Waals surface area (Å²) >= 11 is 0. The molecule has 0 aliphatic carbocycles. The predicted molar refractivity (Wildman–Crippen MR) is 209 cm³/mol. The highest BCUT2D eigenvalue weighted by molar-refractivity contribution is 6.11. The van der Waals surface area contributed by atoms with E-state index in [2.05, 4.69) is 167 Å². The van der Waals surface area contributed by atoms with Crippen molar-refractivity contribution in [1.29, 1.82) is 0 Å². The van der Waals surface area contributed by atoms with Crippen molar-refractivity contribution >= 4 is 65.6 Å². The highest BCUT2D eigenvalue weighted by Crippen LogP contribution is 2.37. The monoisotopic (exact) mass is 652 g/mol. The SMILES string of the molecule is c1cc(-c2ccc3oc4ccc(-n5c6ccccc6c6ccccc65)cc4c3c2)nc(-c2cc(-n3c4ccccc4c4ccccc43)ccn2)c1. The summed E-state index contributed by atoms with van der Waals surface area (Å²) in [5.74, 6) is 0. The van der Waals surface area contributed by atoms with Crippen molar-refractivity contribution in [3.63, 3.8) is 0 Å². The number of hydrogen-bond acceptors (Lipinski definition) is 3. The molecular weight excluding hydrogens is 625 g/mol. The van der Waals surface area contributed by atoms with Crippen LogP contribution in [0, 0.1) is 0 Å². The van der Waals surface area contributed by atoms with Crippen LogP contribution in [0.4, 0.5) is 0 Å². The fraction of sp³-hybridized carbons (Fsp3) is 0. The van der Waals surface area contributed by atoms with E-state index < -0.39 is 0 Å². The van der Waals surface area contributed by atoms with Gasteiger partial charge >= 0.3 is 0 Å². The molecule has 5 heteroatoms. The van der Waals surface area contributed by atoms with Crippen LogP contribution < -0.4 is 0 Å². The third-order valence-electron chi connectivity index (χ3n) is 10.2. The first kappa shape index (κ1) is 27.9. The highest BCUT2D eigenvalue weighted by atomic mass is 16.3. The molecule has 6 aromatic carbocycles. The second-order valence-electron chi connectivity index (χ2n) is 13.0. The molecule has 0 radical (unpaired) electrons. The molecule has 5 nitrogen and oxygen atoms in total. The van der Waals surface area contributed by atoms with E-state index in [4.69, 9.17) is 14.4 Å². The number of rotatable bonds is 4. The van der Waals surface area contributed by atoms with Crippen LogP contribution in [0.25, 0.3) is 99.6 Å². The average molecular weight is 653 g/mol. The quantitative estimate of drug-likeness (QED) is 0.190. The first-order valence-corrected chi connectivity index (χ1v) is 17.2. The molecule has 11 rings (SSSR count). The van der Waals surface area contributed by atoms with Crippen LogP contribution in [0.5, 0.6) is 0 Å². The molecule has 11 aromatic rings. The van der Waals surface area contributed by atoms with E-state index in [0.717, 1.165) is 56.0 Å². The molecule has 0 N–H and O–H groups in total. The minimum absolute atomic E-state index is 0.820. The standard InChI is InChI=1S/C46H28N4O/c1-5-16-41-32(10-1)33-11-2-6-17-42(33)49(41)30-21-23-46-37(27-30)36-26-29(20-22-45(36)51-46)38-14-9-15-39(48-38)40-28-31(24-25-47-40)50-43-18-7-3-12-34(43)35-13-4-8-19-44(35)50/h1-28H. The minimum Gasteiger partial charge on any atom is -0.456 e. The Labute approximate surface area is 292 Å². The van der Waals surface area contributed by atoms with Gasteiger partial charge < -0.3 is 13.6 Å². The fourth-order valence-electron chi connectivity index (χ4n) is 7.90. The Kier molecular flexibility index (Phi) is 5.89. The second-order valence-corrected chi connectivity index (χ2v) is 13.0. The van der Waals surface area contributed by atoms with Crippen LogP contribution in [-0.2, 0) is 0 Å². The lowest BCUT2D eigenvalue weighted by molar-refractivity contribution is 0.669. The molecule has 5 aromatic heterocycles. The zero-order chi connectivity index (χ0) is 33.5. The van der Waals surface area contributed by atoms with Crippen molar-refractivity contribution < 1.29 is 4.42 Å². The molecule has 0 atom stereocenters. The lowest BCUT2D eigenvalue weighted by atomic mass is 10.1. The molecule has 0 spiro atoms. The van der Waals surface area contributed by atoms with Crippen LogP contribution >= 0.6 is 0 Å². The van der Waals surface area contributed by atoms with Gasteiger partial charge in [-0.3, -0.25) is 4.98 Å². The number of furan rings is 1. The van der Waals surface area contributed by atoms with Crippen molar-refractivity contribution in [3.05, 3.63) is 170 Å². The van der Waals surface area contributed by atoms with Crippen LogP contribution in [0.2, 0.25) is 0 Å². The number of aromatic nitrogens is 4. The summed E-state index contributed by atoms with van der Waals surface area (Å²) in [5.41, 5.74) is 12.1. The van der Waals surface area contributed by atoms with Gasteiger partial charge in [0.2, 0.25) is 0 Å². The number of pyridine rings is 2. The van der Waals surface area contributed by atoms with Crippen LogP contribution in [0.3, 0.4) is 0 Å². The zero-order valence-corrected chi connectivity index (χ0v) is 27.4. The third-order valence-corrected chi connectivity index (χ3v) is 10.2. The van der Waals surface area contributed by atoms with Crippen LogP contribution in [0.1, 0.15) is 0 Å². The molecule has 0 bridgehead atoms. The van der Waals surface area contributed by atoms with Gasteiger partial charge in [0.1, 0.15) is 11.2 Å². The number of benzene rings is 6. The van der Waals surface area contributed by atoms with E-state index in [1.165, 1.54) is 43.6 Å². The topological polar surface area (TPSA) is 48.8 Å². The number of hydrogen-bond donors (Lipinski definition) is 0. The summed E-state index contributed by atoms with van der Waals surface area (Å²) in [6.45, 7) is 0. The second kappa shape index (κ2) is 10.8. The average Bonchev–Trinajstić information content (AvgIpc) is 3.85. The Morgan fingerprint density at radius 1 is 0.373 bits per heavy atom. The molecule has 0 unspecified atom stereocenters. The maximum absolute atomic E-state index is 6.35. The molecular formula is C46H28N4O. The van der Waals surface area contributed by atoms with E-state index in [9.17, 15) is 0 Å². The molecule has 0 aliphatic heterocycles. The van der Waals surface area contributed by atoms with Crippen molar-refractivity contribution in [2.75, 3.05) is 0 Å². The van der Waals surface area contributed by atoms with Crippen molar-refractivity contribution in [3.8, 4) is 34.0 Å². The van der Waals surface area contributed by atoms with Gasteiger partial charge in [0, 0.05) is 55.5 Å². The number of nitrogens with zero attached hydrogens (tertiary/aromatic N) is 4. The van der Waals surface area contributed by atoms with Crippen LogP contribution in [0.15, 0.2) is 174 Å². The smallest absolute Gasteiger partial charge is 0.135 e. The minimum atomic E-state index is 0.820. The van der Waals surface area contributed by atoms with Gasteiger partial charge in [0.15, 0.2) is 0 Å². The molecule has 0 amide bonds. The van der Waals surface area contributed by atoms with Crippen molar-refractivity contribution in [2.24, 2.45) is 0 Å². The maximum Gasteiger partial charge on any atom is 0.135 e.